The van der Waals surface area contributed by atoms with Crippen molar-refractivity contribution < 1.29 is 18.0 Å². The van der Waals surface area contributed by atoms with E-state index in [0.717, 1.165) is 19.2 Å². The van der Waals surface area contributed by atoms with Crippen molar-refractivity contribution in [1.29, 1.82) is 0 Å². The zero-order valence-corrected chi connectivity index (χ0v) is 17.0. The number of hydrogen-bond acceptors (Lipinski definition) is 5. The van der Waals surface area contributed by atoms with Crippen LogP contribution in [-0.4, -0.2) is 63.5 Å². The summed E-state index contributed by atoms with van der Waals surface area (Å²) >= 11 is 7.61. The molecule has 0 radical (unpaired) electrons. The lowest BCUT2D eigenvalue weighted by molar-refractivity contribution is -0.142. The maximum Gasteiger partial charge on any atom is 0.433 e. The van der Waals surface area contributed by atoms with Gasteiger partial charge in [-0.25, -0.2) is 9.50 Å². The molecule has 154 valence electrons. The highest BCUT2D eigenvalue weighted by Gasteiger charge is 2.36. The van der Waals surface area contributed by atoms with E-state index < -0.39 is 11.9 Å². The van der Waals surface area contributed by atoms with Gasteiger partial charge in [-0.3, -0.25) is 4.79 Å². The molecule has 11 heteroatoms. The maximum absolute atomic E-state index is 13.7. The third-order valence-corrected chi connectivity index (χ3v) is 6.12. The largest absolute Gasteiger partial charge is 0.433 e. The van der Waals surface area contributed by atoms with Gasteiger partial charge in [-0.15, -0.1) is 11.3 Å². The third kappa shape index (κ3) is 3.96. The van der Waals surface area contributed by atoms with Gasteiger partial charge in [-0.2, -0.15) is 18.3 Å². The number of rotatable bonds is 3. The summed E-state index contributed by atoms with van der Waals surface area (Å²) in [6.45, 7) is 2.62. The number of hydrogen-bond donors (Lipinski definition) is 0. The Morgan fingerprint density at radius 3 is 2.62 bits per heavy atom. The van der Waals surface area contributed by atoms with Crippen LogP contribution in [0, 0.1) is 0 Å². The number of nitrogens with zero attached hydrogens (tertiary/aromatic N) is 5. The number of fused-ring (bicyclic) bond motifs is 1. The second-order valence-electron chi connectivity index (χ2n) is 6.86. The minimum atomic E-state index is -4.65. The first-order chi connectivity index (χ1) is 13.7. The molecule has 0 spiro atoms. The molecule has 0 aromatic carbocycles. The van der Waals surface area contributed by atoms with Crippen LogP contribution >= 0.6 is 22.9 Å². The van der Waals surface area contributed by atoms with Crippen LogP contribution < -0.4 is 0 Å². The van der Waals surface area contributed by atoms with Crippen LogP contribution in [0.4, 0.5) is 13.2 Å². The van der Waals surface area contributed by atoms with Crippen LogP contribution in [0.1, 0.15) is 11.4 Å². The topological polar surface area (TPSA) is 53.7 Å². The van der Waals surface area contributed by atoms with Gasteiger partial charge >= 0.3 is 6.18 Å². The van der Waals surface area contributed by atoms with Crippen LogP contribution in [0.5, 0.6) is 0 Å². The van der Waals surface area contributed by atoms with E-state index >= 15 is 0 Å². The van der Waals surface area contributed by atoms with Crippen LogP contribution in [0.3, 0.4) is 0 Å². The van der Waals surface area contributed by atoms with Crippen LogP contribution in [-0.2, 0) is 17.4 Å². The zero-order valence-electron chi connectivity index (χ0n) is 15.4. The first-order valence-corrected chi connectivity index (χ1v) is 10.2. The second-order valence-corrected chi connectivity index (χ2v) is 8.18. The fourth-order valence-corrected chi connectivity index (χ4v) is 4.12. The van der Waals surface area contributed by atoms with Gasteiger partial charge in [-0.1, -0.05) is 17.7 Å². The van der Waals surface area contributed by atoms with Crippen molar-refractivity contribution in [2.75, 3.05) is 33.2 Å². The summed E-state index contributed by atoms with van der Waals surface area (Å²) in [5.74, 6) is -0.213. The van der Waals surface area contributed by atoms with Crippen molar-refractivity contribution in [3.8, 4) is 10.6 Å². The lowest BCUT2D eigenvalue weighted by atomic mass is 10.2. The molecule has 3 aromatic rings. The van der Waals surface area contributed by atoms with Crippen molar-refractivity contribution in [1.82, 2.24) is 24.4 Å². The Labute approximate surface area is 173 Å². The fraction of sp³-hybridized carbons (Fsp3) is 0.389. The van der Waals surface area contributed by atoms with Gasteiger partial charge in [0.15, 0.2) is 11.3 Å². The highest BCUT2D eigenvalue weighted by atomic mass is 35.5. The van der Waals surface area contributed by atoms with Crippen LogP contribution in [0.15, 0.2) is 23.6 Å². The highest BCUT2D eigenvalue weighted by Crippen LogP contribution is 2.35. The number of amides is 1. The van der Waals surface area contributed by atoms with Crippen molar-refractivity contribution in [2.24, 2.45) is 0 Å². The van der Waals surface area contributed by atoms with E-state index in [4.69, 9.17) is 11.6 Å². The molecular formula is C18H17ClF3N5OS. The Bertz CT molecular complexity index is 1040. The van der Waals surface area contributed by atoms with E-state index in [1.165, 1.54) is 11.3 Å². The summed E-state index contributed by atoms with van der Waals surface area (Å²) in [6.07, 6.45) is -4.82. The Kier molecular flexibility index (Phi) is 5.26. The van der Waals surface area contributed by atoms with Gasteiger partial charge in [0.25, 0.3) is 0 Å². The van der Waals surface area contributed by atoms with E-state index in [2.05, 4.69) is 15.0 Å². The number of thiophene rings is 1. The van der Waals surface area contributed by atoms with E-state index in [9.17, 15) is 18.0 Å². The Balaban J connectivity index is 1.73. The minimum absolute atomic E-state index is 0.0311. The van der Waals surface area contributed by atoms with Gasteiger partial charge in [0, 0.05) is 26.2 Å². The summed E-state index contributed by atoms with van der Waals surface area (Å²) in [4.78, 5) is 21.3. The number of likely N-dealkylation sites (N-methyl/N-ethyl adjacent to an activating group) is 1. The van der Waals surface area contributed by atoms with Crippen molar-refractivity contribution in [3.63, 3.8) is 0 Å². The normalized spacial score (nSPS) is 16.0. The predicted octanol–water partition coefficient (Wildman–Crippen LogP) is 3.45. The number of carbonyl (C=O) groups is 1. The van der Waals surface area contributed by atoms with Gasteiger partial charge in [0.2, 0.25) is 5.91 Å². The van der Waals surface area contributed by atoms with Crippen molar-refractivity contribution in [3.05, 3.63) is 40.0 Å². The number of alkyl halides is 3. The number of halogens is 4. The van der Waals surface area contributed by atoms with Crippen molar-refractivity contribution >= 4 is 34.5 Å². The molecule has 0 bridgehead atoms. The molecule has 1 amide bonds. The third-order valence-electron chi connectivity index (χ3n) is 4.84. The van der Waals surface area contributed by atoms with Gasteiger partial charge in [-0.05, 0) is 24.6 Å². The minimum Gasteiger partial charge on any atom is -0.340 e. The Hall–Kier alpha value is -2.17. The summed E-state index contributed by atoms with van der Waals surface area (Å²) in [5.41, 5.74) is -0.826. The molecule has 29 heavy (non-hydrogen) atoms. The molecule has 0 atom stereocenters. The molecule has 0 aliphatic carbocycles. The molecule has 4 rings (SSSR count). The van der Waals surface area contributed by atoms with Crippen LogP contribution in [0.2, 0.25) is 5.02 Å². The molecule has 6 nitrogen and oxygen atoms in total. The molecule has 0 N–H and O–H groups in total. The standard InChI is InChI=1S/C18H17ClF3N5OS/c1-25-4-6-26(7-5-25)15(28)10-12-16(19)17-23-11(13-3-2-8-29-13)9-14(18(20,21)22)27(17)24-12/h2-3,8-9H,4-7,10H2,1H3. The molecule has 1 aliphatic rings. The Morgan fingerprint density at radius 1 is 1.28 bits per heavy atom. The van der Waals surface area contributed by atoms with E-state index in [-0.39, 0.29) is 34.4 Å². The lowest BCUT2D eigenvalue weighted by Gasteiger charge is -2.32. The van der Waals surface area contributed by atoms with Gasteiger partial charge < -0.3 is 9.80 Å². The molecule has 4 heterocycles. The Morgan fingerprint density at radius 2 is 2.00 bits per heavy atom. The average molecular weight is 444 g/mol. The average Bonchev–Trinajstić information content (AvgIpc) is 3.30. The molecule has 1 fully saturated rings. The second kappa shape index (κ2) is 7.58. The van der Waals surface area contributed by atoms with E-state index in [0.29, 0.717) is 22.5 Å². The van der Waals surface area contributed by atoms with E-state index in [1.54, 1.807) is 22.4 Å². The number of piperazine rings is 1. The quantitative estimate of drug-likeness (QED) is 0.622. The number of carbonyl (C=O) groups excluding carboxylic acids is 1. The maximum atomic E-state index is 13.7. The lowest BCUT2D eigenvalue weighted by Crippen LogP contribution is -2.47. The SMILES string of the molecule is CN1CCN(C(=O)Cc2nn3c(C(F)(F)F)cc(-c4cccs4)nc3c2Cl)CC1. The summed E-state index contributed by atoms with van der Waals surface area (Å²) in [5, 5.41) is 5.72. The molecular weight excluding hydrogens is 427 g/mol. The highest BCUT2D eigenvalue weighted by molar-refractivity contribution is 7.13. The van der Waals surface area contributed by atoms with Crippen molar-refractivity contribution in [2.45, 2.75) is 12.6 Å². The zero-order chi connectivity index (χ0) is 20.8. The fourth-order valence-electron chi connectivity index (χ4n) is 3.21. The van der Waals surface area contributed by atoms with Gasteiger partial charge in [0.1, 0.15) is 5.02 Å². The molecule has 0 unspecified atom stereocenters. The molecule has 1 saturated heterocycles. The van der Waals surface area contributed by atoms with E-state index in [1.807, 2.05) is 7.05 Å². The first kappa shape index (κ1) is 20.1. The van der Waals surface area contributed by atoms with Gasteiger partial charge in [0.05, 0.1) is 22.7 Å². The molecule has 0 saturated carbocycles. The molecule has 3 aromatic heterocycles. The van der Waals surface area contributed by atoms with Crippen LogP contribution in [0.25, 0.3) is 16.2 Å². The molecule has 1 aliphatic heterocycles. The smallest absolute Gasteiger partial charge is 0.340 e. The summed E-state index contributed by atoms with van der Waals surface area (Å²) < 4.78 is 41.7. The summed E-state index contributed by atoms with van der Waals surface area (Å²) in [7, 11) is 1.97. The monoisotopic (exact) mass is 443 g/mol. The number of aromatic nitrogens is 3. The predicted molar refractivity (Wildman–Crippen MR) is 104 cm³/mol. The summed E-state index contributed by atoms with van der Waals surface area (Å²) in [6, 6.07) is 4.37. The first-order valence-electron chi connectivity index (χ1n) is 8.89.